The van der Waals surface area contributed by atoms with Crippen molar-refractivity contribution in [2.75, 3.05) is 6.54 Å². The van der Waals surface area contributed by atoms with Crippen molar-refractivity contribution in [2.45, 2.75) is 13.3 Å². The number of hydrogen-bond acceptors (Lipinski definition) is 1. The Morgan fingerprint density at radius 1 is 1.29 bits per heavy atom. The minimum atomic E-state index is -1.20. The van der Waals surface area contributed by atoms with E-state index in [1.54, 1.807) is 12.2 Å². The van der Waals surface area contributed by atoms with Crippen LogP contribution in [0.4, 0.5) is 13.2 Å². The van der Waals surface area contributed by atoms with Gasteiger partial charge in [-0.3, -0.25) is 4.79 Å². The van der Waals surface area contributed by atoms with Crippen LogP contribution in [0.5, 0.6) is 0 Å². The number of amides is 1. The molecule has 1 aromatic rings. The highest BCUT2D eigenvalue weighted by Gasteiger charge is 2.18. The molecule has 0 heterocycles. The van der Waals surface area contributed by atoms with E-state index in [0.29, 0.717) is 18.6 Å². The maximum atomic E-state index is 13.2. The van der Waals surface area contributed by atoms with E-state index in [4.69, 9.17) is 0 Å². The van der Waals surface area contributed by atoms with Crippen LogP contribution in [-0.2, 0) is 0 Å². The van der Waals surface area contributed by atoms with Crippen LogP contribution in [0.15, 0.2) is 24.3 Å². The molecule has 0 fully saturated rings. The Bertz CT molecular complexity index is 420. The van der Waals surface area contributed by atoms with E-state index in [1.807, 2.05) is 6.92 Å². The number of allylic oxidation sites excluding steroid dienone is 1. The Kier molecular flexibility index (Phi) is 4.75. The molecular weight excluding hydrogens is 231 g/mol. The first-order valence-electron chi connectivity index (χ1n) is 5.10. The van der Waals surface area contributed by atoms with Gasteiger partial charge in [0.2, 0.25) is 0 Å². The second-order valence-electron chi connectivity index (χ2n) is 3.36. The van der Waals surface area contributed by atoms with Gasteiger partial charge in [-0.05, 0) is 13.3 Å². The normalized spacial score (nSPS) is 10.8. The van der Waals surface area contributed by atoms with Gasteiger partial charge >= 0.3 is 0 Å². The van der Waals surface area contributed by atoms with E-state index in [1.165, 1.54) is 0 Å². The number of nitrogens with one attached hydrogen (secondary N) is 1. The van der Waals surface area contributed by atoms with Gasteiger partial charge in [-0.2, -0.15) is 0 Å². The topological polar surface area (TPSA) is 29.1 Å². The van der Waals surface area contributed by atoms with Crippen molar-refractivity contribution in [1.29, 1.82) is 0 Å². The number of rotatable bonds is 4. The average Bonchev–Trinajstić information content (AvgIpc) is 2.23. The van der Waals surface area contributed by atoms with Crippen molar-refractivity contribution in [3.8, 4) is 0 Å². The number of halogens is 3. The first-order valence-corrected chi connectivity index (χ1v) is 5.10. The molecule has 0 unspecified atom stereocenters. The summed E-state index contributed by atoms with van der Waals surface area (Å²) >= 11 is 0. The van der Waals surface area contributed by atoms with E-state index in [-0.39, 0.29) is 6.54 Å². The zero-order valence-corrected chi connectivity index (χ0v) is 9.27. The quantitative estimate of drug-likeness (QED) is 0.639. The molecule has 0 bridgehead atoms. The summed E-state index contributed by atoms with van der Waals surface area (Å²) in [6.45, 7) is 2.08. The SMILES string of the molecule is C/C=C/CCNC(=O)c1c(F)cc(F)cc1F. The highest BCUT2D eigenvalue weighted by molar-refractivity contribution is 5.94. The van der Waals surface area contributed by atoms with E-state index in [9.17, 15) is 18.0 Å². The predicted octanol–water partition coefficient (Wildman–Crippen LogP) is 2.80. The molecule has 92 valence electrons. The molecule has 1 rings (SSSR count). The fourth-order valence-electron chi connectivity index (χ4n) is 1.28. The van der Waals surface area contributed by atoms with Gasteiger partial charge in [0.15, 0.2) is 0 Å². The van der Waals surface area contributed by atoms with Gasteiger partial charge in [-0.15, -0.1) is 0 Å². The minimum absolute atomic E-state index is 0.263. The highest BCUT2D eigenvalue weighted by Crippen LogP contribution is 2.14. The van der Waals surface area contributed by atoms with Crippen molar-refractivity contribution in [3.63, 3.8) is 0 Å². The first kappa shape index (κ1) is 13.3. The Hall–Kier alpha value is -1.78. The van der Waals surface area contributed by atoms with Crippen LogP contribution in [-0.4, -0.2) is 12.5 Å². The van der Waals surface area contributed by atoms with Gasteiger partial charge in [0.05, 0.1) is 0 Å². The number of hydrogen-bond donors (Lipinski definition) is 1. The van der Waals surface area contributed by atoms with E-state index < -0.39 is 28.9 Å². The Balaban J connectivity index is 2.75. The molecular formula is C12H12F3NO. The maximum Gasteiger partial charge on any atom is 0.257 e. The molecule has 2 nitrogen and oxygen atoms in total. The number of benzene rings is 1. The monoisotopic (exact) mass is 243 g/mol. The van der Waals surface area contributed by atoms with Crippen LogP contribution in [0, 0.1) is 17.5 Å². The largest absolute Gasteiger partial charge is 0.352 e. The lowest BCUT2D eigenvalue weighted by molar-refractivity contribution is 0.0946. The van der Waals surface area contributed by atoms with Crippen LogP contribution in [0.25, 0.3) is 0 Å². The molecule has 0 atom stereocenters. The maximum absolute atomic E-state index is 13.2. The summed E-state index contributed by atoms with van der Waals surface area (Å²) in [5, 5.41) is 2.34. The van der Waals surface area contributed by atoms with Gasteiger partial charge < -0.3 is 5.32 Å². The molecule has 0 saturated carbocycles. The predicted molar refractivity (Wildman–Crippen MR) is 58.1 cm³/mol. The summed E-state index contributed by atoms with van der Waals surface area (Å²) in [4.78, 5) is 11.4. The fourth-order valence-corrected chi connectivity index (χ4v) is 1.28. The molecule has 5 heteroatoms. The summed E-state index contributed by atoms with van der Waals surface area (Å²) in [6.07, 6.45) is 4.16. The van der Waals surface area contributed by atoms with Crippen molar-refractivity contribution < 1.29 is 18.0 Å². The molecule has 0 aliphatic rings. The van der Waals surface area contributed by atoms with Crippen molar-refractivity contribution in [3.05, 3.63) is 47.3 Å². The highest BCUT2D eigenvalue weighted by atomic mass is 19.1. The zero-order chi connectivity index (χ0) is 12.8. The molecule has 0 spiro atoms. The molecule has 0 aliphatic carbocycles. The zero-order valence-electron chi connectivity index (χ0n) is 9.27. The lowest BCUT2D eigenvalue weighted by atomic mass is 10.1. The van der Waals surface area contributed by atoms with Gasteiger partial charge in [-0.25, -0.2) is 13.2 Å². The van der Waals surface area contributed by atoms with Crippen molar-refractivity contribution >= 4 is 5.91 Å². The smallest absolute Gasteiger partial charge is 0.257 e. The number of carbonyl (C=O) groups is 1. The van der Waals surface area contributed by atoms with Crippen LogP contribution >= 0.6 is 0 Å². The number of carbonyl (C=O) groups excluding carboxylic acids is 1. The molecule has 0 aromatic heterocycles. The van der Waals surface area contributed by atoms with E-state index >= 15 is 0 Å². The summed E-state index contributed by atoms with van der Waals surface area (Å²) in [6, 6.07) is 0.952. The summed E-state index contributed by atoms with van der Waals surface area (Å²) in [7, 11) is 0. The lowest BCUT2D eigenvalue weighted by Gasteiger charge is -2.06. The van der Waals surface area contributed by atoms with Crippen LogP contribution in [0.2, 0.25) is 0 Å². The molecule has 0 radical (unpaired) electrons. The molecule has 1 amide bonds. The second-order valence-corrected chi connectivity index (χ2v) is 3.36. The fraction of sp³-hybridized carbons (Fsp3) is 0.250. The van der Waals surface area contributed by atoms with Crippen molar-refractivity contribution in [1.82, 2.24) is 5.32 Å². The van der Waals surface area contributed by atoms with Gasteiger partial charge in [0, 0.05) is 18.7 Å². The summed E-state index contributed by atoms with van der Waals surface area (Å²) in [5.74, 6) is -4.34. The summed E-state index contributed by atoms with van der Waals surface area (Å²) < 4.78 is 39.0. The van der Waals surface area contributed by atoms with E-state index in [2.05, 4.69) is 5.32 Å². The standard InChI is InChI=1S/C12H12F3NO/c1-2-3-4-5-16-12(17)11-9(14)6-8(13)7-10(11)15/h2-3,6-7H,4-5H2,1H3,(H,16,17)/b3-2+. The van der Waals surface area contributed by atoms with Crippen molar-refractivity contribution in [2.24, 2.45) is 0 Å². The molecule has 1 N–H and O–H groups in total. The third kappa shape index (κ3) is 3.62. The van der Waals surface area contributed by atoms with Gasteiger partial charge in [0.25, 0.3) is 5.91 Å². The van der Waals surface area contributed by atoms with Crippen LogP contribution in [0.1, 0.15) is 23.7 Å². The molecule has 1 aromatic carbocycles. The van der Waals surface area contributed by atoms with Gasteiger partial charge in [-0.1, -0.05) is 12.2 Å². The molecule has 0 saturated heterocycles. The Morgan fingerprint density at radius 2 is 1.88 bits per heavy atom. The van der Waals surface area contributed by atoms with E-state index in [0.717, 1.165) is 0 Å². The van der Waals surface area contributed by atoms with Crippen LogP contribution < -0.4 is 5.32 Å². The average molecular weight is 243 g/mol. The van der Waals surface area contributed by atoms with Crippen LogP contribution in [0.3, 0.4) is 0 Å². The lowest BCUT2D eigenvalue weighted by Crippen LogP contribution is -2.26. The third-order valence-corrected chi connectivity index (χ3v) is 2.07. The summed E-state index contributed by atoms with van der Waals surface area (Å²) in [5.41, 5.74) is -0.758. The van der Waals surface area contributed by atoms with Gasteiger partial charge in [0.1, 0.15) is 23.0 Å². The third-order valence-electron chi connectivity index (χ3n) is 2.07. The Morgan fingerprint density at radius 3 is 2.41 bits per heavy atom. The minimum Gasteiger partial charge on any atom is -0.352 e. The molecule has 0 aliphatic heterocycles. The molecule has 17 heavy (non-hydrogen) atoms. The second kappa shape index (κ2) is 6.08. The first-order chi connectivity index (χ1) is 8.06. The Labute approximate surface area is 97.1 Å².